The molecule has 3 unspecified atom stereocenters. The fourth-order valence-electron chi connectivity index (χ4n) is 6.58. The predicted octanol–water partition coefficient (Wildman–Crippen LogP) is 5.89. The molecule has 0 amide bonds. The molecule has 2 heteroatoms. The van der Waals surface area contributed by atoms with E-state index in [1.165, 1.54) is 25.7 Å². The molecule has 4 aliphatic carbocycles. The van der Waals surface area contributed by atoms with Crippen LogP contribution in [0.15, 0.2) is 35.5 Å². The molecule has 0 aromatic heterocycles. The van der Waals surface area contributed by atoms with E-state index < -0.39 is 13.7 Å². The Labute approximate surface area is 167 Å². The summed E-state index contributed by atoms with van der Waals surface area (Å²) in [4.78, 5) is 0. The fourth-order valence-corrected chi connectivity index (χ4v) is 7.14. The second-order valence-electron chi connectivity index (χ2n) is 11.0. The third kappa shape index (κ3) is 2.93. The number of rotatable bonds is 0. The van der Waals surface area contributed by atoms with E-state index in [0.29, 0.717) is 11.8 Å². The third-order valence-corrected chi connectivity index (χ3v) is 9.01. The van der Waals surface area contributed by atoms with E-state index in [2.05, 4.69) is 63.7 Å². The maximum absolute atomic E-state index is 11.8. The van der Waals surface area contributed by atoms with E-state index >= 15 is 0 Å². The van der Waals surface area contributed by atoms with E-state index in [1.807, 2.05) is 0 Å². The van der Waals surface area contributed by atoms with Gasteiger partial charge in [0.15, 0.2) is 5.60 Å². The minimum absolute atomic E-state index is 0.135. The lowest BCUT2D eigenvalue weighted by Gasteiger charge is -2.53. The number of fused-ring (bicyclic) bond motifs is 5. The van der Waals surface area contributed by atoms with E-state index in [9.17, 15) is 5.11 Å². The minimum Gasteiger partial charge on any atom is -0.373 e. The Balaban J connectivity index is 1.69. The quantitative estimate of drug-likeness (QED) is 0.315. The van der Waals surface area contributed by atoms with Crippen molar-refractivity contribution in [2.75, 3.05) is 0 Å². The van der Waals surface area contributed by atoms with Crippen LogP contribution in [0.3, 0.4) is 0 Å². The Kier molecular flexibility index (Phi) is 4.45. The van der Waals surface area contributed by atoms with Crippen LogP contribution in [0.4, 0.5) is 0 Å². The first-order valence-electron chi connectivity index (χ1n) is 10.9. The maximum atomic E-state index is 11.8. The largest absolute Gasteiger partial charge is 0.373 e. The molecule has 0 spiro atoms. The van der Waals surface area contributed by atoms with Crippen molar-refractivity contribution in [1.29, 1.82) is 0 Å². The molecule has 146 valence electrons. The molecule has 0 heterocycles. The highest BCUT2D eigenvalue weighted by molar-refractivity contribution is 6.83. The highest BCUT2D eigenvalue weighted by Crippen LogP contribution is 2.65. The van der Waals surface area contributed by atoms with Crippen molar-refractivity contribution < 1.29 is 5.11 Å². The van der Waals surface area contributed by atoms with Crippen LogP contribution < -0.4 is 0 Å². The predicted molar refractivity (Wildman–Crippen MR) is 117 cm³/mol. The Morgan fingerprint density at radius 3 is 2.67 bits per heavy atom. The van der Waals surface area contributed by atoms with Crippen molar-refractivity contribution in [3.05, 3.63) is 35.5 Å². The lowest BCUT2D eigenvalue weighted by molar-refractivity contribution is -0.0714. The Morgan fingerprint density at radius 2 is 1.96 bits per heavy atom. The van der Waals surface area contributed by atoms with Gasteiger partial charge in [0.25, 0.3) is 0 Å². The van der Waals surface area contributed by atoms with Crippen LogP contribution in [-0.4, -0.2) is 18.8 Å². The Hall–Kier alpha value is -1.04. The van der Waals surface area contributed by atoms with E-state index in [-0.39, 0.29) is 5.41 Å². The SMILES string of the molecule is C=C1CC2[C@@H]3CC=C4C=C(C)CCC4C3CC[C@]2(C)[C@]1(O)C#C[Si](C)(C)C. The normalized spacial score (nSPS) is 43.6. The highest BCUT2D eigenvalue weighted by Gasteiger charge is 2.63. The molecular weight excluding hydrogens is 344 g/mol. The number of hydrogen-bond donors (Lipinski definition) is 1. The molecule has 0 aromatic carbocycles. The summed E-state index contributed by atoms with van der Waals surface area (Å²) in [6.07, 6.45) is 12.0. The van der Waals surface area contributed by atoms with Gasteiger partial charge in [-0.05, 0) is 80.3 Å². The molecule has 0 bridgehead atoms. The zero-order valence-electron chi connectivity index (χ0n) is 17.9. The van der Waals surface area contributed by atoms with Gasteiger partial charge in [0.1, 0.15) is 8.07 Å². The average Bonchev–Trinajstić information content (AvgIpc) is 2.80. The summed E-state index contributed by atoms with van der Waals surface area (Å²) in [6.45, 7) is 15.7. The van der Waals surface area contributed by atoms with Crippen LogP contribution in [-0.2, 0) is 0 Å². The molecule has 2 fully saturated rings. The second kappa shape index (κ2) is 6.23. The first kappa shape index (κ1) is 19.3. The van der Waals surface area contributed by atoms with Crippen molar-refractivity contribution in [2.24, 2.45) is 29.1 Å². The summed E-state index contributed by atoms with van der Waals surface area (Å²) >= 11 is 0. The standard InChI is InChI=1S/C25H36OSi/c1-17-7-9-20-19(15-17)8-10-22-21(20)11-12-24(3)23(22)16-18(2)25(24,26)13-14-27(4,5)6/h8,15,20-23,26H,2,7,9-12,16H2,1,3-6H3/t20?,21?,22-,23?,24+,25+/m1/s1. The lowest BCUT2D eigenvalue weighted by Crippen LogP contribution is -2.52. The van der Waals surface area contributed by atoms with Gasteiger partial charge in [0, 0.05) is 5.41 Å². The first-order chi connectivity index (χ1) is 12.6. The molecule has 0 aromatic rings. The molecule has 0 radical (unpaired) electrons. The van der Waals surface area contributed by atoms with E-state index in [4.69, 9.17) is 0 Å². The summed E-state index contributed by atoms with van der Waals surface area (Å²) in [5, 5.41) is 11.8. The second-order valence-corrected chi connectivity index (χ2v) is 15.7. The van der Waals surface area contributed by atoms with Gasteiger partial charge in [0.05, 0.1) is 0 Å². The smallest absolute Gasteiger partial charge is 0.151 e. The molecule has 1 N–H and O–H groups in total. The van der Waals surface area contributed by atoms with Gasteiger partial charge in [-0.3, -0.25) is 0 Å². The van der Waals surface area contributed by atoms with E-state index in [1.54, 1.807) is 11.1 Å². The molecule has 0 saturated heterocycles. The van der Waals surface area contributed by atoms with Gasteiger partial charge in [-0.15, -0.1) is 5.54 Å². The van der Waals surface area contributed by atoms with Gasteiger partial charge in [-0.2, -0.15) is 0 Å². The molecule has 6 atom stereocenters. The van der Waals surface area contributed by atoms with Gasteiger partial charge in [0.2, 0.25) is 0 Å². The van der Waals surface area contributed by atoms with Crippen molar-refractivity contribution in [1.82, 2.24) is 0 Å². The zero-order chi connectivity index (χ0) is 19.6. The summed E-state index contributed by atoms with van der Waals surface area (Å²) in [5.41, 5.74) is 6.48. The molecule has 2 saturated carbocycles. The van der Waals surface area contributed by atoms with Gasteiger partial charge < -0.3 is 5.11 Å². The van der Waals surface area contributed by atoms with Gasteiger partial charge in [-0.1, -0.05) is 56.8 Å². The van der Waals surface area contributed by atoms with Gasteiger partial charge >= 0.3 is 0 Å². The highest BCUT2D eigenvalue weighted by atomic mass is 28.3. The van der Waals surface area contributed by atoms with Crippen LogP contribution in [0, 0.1) is 40.6 Å². The maximum Gasteiger partial charge on any atom is 0.151 e. The van der Waals surface area contributed by atoms with Gasteiger partial charge in [-0.25, -0.2) is 0 Å². The van der Waals surface area contributed by atoms with Crippen LogP contribution in [0.1, 0.15) is 52.4 Å². The summed E-state index contributed by atoms with van der Waals surface area (Å²) in [5.74, 6) is 6.12. The van der Waals surface area contributed by atoms with Crippen molar-refractivity contribution in [3.8, 4) is 11.5 Å². The van der Waals surface area contributed by atoms with Crippen LogP contribution in [0.5, 0.6) is 0 Å². The molecule has 4 aliphatic rings. The average molecular weight is 381 g/mol. The van der Waals surface area contributed by atoms with Crippen LogP contribution in [0.25, 0.3) is 0 Å². The monoisotopic (exact) mass is 380 g/mol. The van der Waals surface area contributed by atoms with Crippen LogP contribution >= 0.6 is 0 Å². The Bertz CT molecular complexity index is 785. The molecule has 0 aliphatic heterocycles. The number of allylic oxidation sites excluding steroid dienone is 4. The summed E-state index contributed by atoms with van der Waals surface area (Å²) < 4.78 is 0. The van der Waals surface area contributed by atoms with Crippen molar-refractivity contribution in [2.45, 2.75) is 77.6 Å². The number of hydrogen-bond acceptors (Lipinski definition) is 1. The van der Waals surface area contributed by atoms with Crippen LogP contribution in [0.2, 0.25) is 19.6 Å². The lowest BCUT2D eigenvalue weighted by atomic mass is 9.51. The summed E-state index contributed by atoms with van der Waals surface area (Å²) in [6, 6.07) is 0. The molecular formula is C25H36OSi. The number of aliphatic hydroxyl groups is 1. The molecule has 1 nitrogen and oxygen atoms in total. The Morgan fingerprint density at radius 1 is 1.22 bits per heavy atom. The third-order valence-electron chi connectivity index (χ3n) is 8.14. The summed E-state index contributed by atoms with van der Waals surface area (Å²) in [7, 11) is -1.53. The molecule has 27 heavy (non-hydrogen) atoms. The zero-order valence-corrected chi connectivity index (χ0v) is 18.9. The topological polar surface area (TPSA) is 20.2 Å². The van der Waals surface area contributed by atoms with Crippen molar-refractivity contribution in [3.63, 3.8) is 0 Å². The minimum atomic E-state index is -1.53. The van der Waals surface area contributed by atoms with E-state index in [0.717, 1.165) is 30.3 Å². The molecule has 4 rings (SSSR count). The fraction of sp³-hybridized carbons (Fsp3) is 0.680. The first-order valence-corrected chi connectivity index (χ1v) is 14.4. The van der Waals surface area contributed by atoms with Crippen molar-refractivity contribution >= 4 is 8.07 Å².